The molecule has 0 spiro atoms. The Bertz CT molecular complexity index is 652. The zero-order chi connectivity index (χ0) is 17.6. The Hall–Kier alpha value is -1.76. The van der Waals surface area contributed by atoms with Crippen molar-refractivity contribution in [1.82, 2.24) is 4.90 Å². The molecule has 1 aromatic rings. The Balaban J connectivity index is 2.11. The van der Waals surface area contributed by atoms with Crippen molar-refractivity contribution in [3.8, 4) is 5.75 Å². The summed E-state index contributed by atoms with van der Waals surface area (Å²) in [5, 5.41) is 0. The minimum Gasteiger partial charge on any atom is -0.495 e. The van der Waals surface area contributed by atoms with E-state index in [0.29, 0.717) is 11.4 Å². The largest absolute Gasteiger partial charge is 0.495 e. The van der Waals surface area contributed by atoms with E-state index < -0.39 is 10.0 Å². The number of para-hydroxylation sites is 2. The van der Waals surface area contributed by atoms with Crippen LogP contribution < -0.4 is 9.04 Å². The van der Waals surface area contributed by atoms with Crippen LogP contribution in [0.5, 0.6) is 5.75 Å². The molecule has 1 aromatic carbocycles. The molecule has 1 heterocycles. The number of rotatable bonds is 6. The third-order valence-corrected chi connectivity index (χ3v) is 5.42. The molecular weight excluding hydrogens is 328 g/mol. The summed E-state index contributed by atoms with van der Waals surface area (Å²) >= 11 is 0. The van der Waals surface area contributed by atoms with Crippen LogP contribution in [0.15, 0.2) is 24.3 Å². The summed E-state index contributed by atoms with van der Waals surface area (Å²) in [4.78, 5) is 14.3. The molecule has 0 aromatic heterocycles. The van der Waals surface area contributed by atoms with Crippen molar-refractivity contribution in [1.29, 1.82) is 0 Å². The molecule has 0 radical (unpaired) electrons. The van der Waals surface area contributed by atoms with Gasteiger partial charge in [0.05, 0.1) is 19.1 Å². The smallest absolute Gasteiger partial charge is 0.232 e. The van der Waals surface area contributed by atoms with Crippen LogP contribution in [0, 0.1) is 0 Å². The van der Waals surface area contributed by atoms with Crippen LogP contribution in [0.3, 0.4) is 0 Å². The number of likely N-dealkylation sites (tertiary alicyclic amines) is 1. The highest BCUT2D eigenvalue weighted by molar-refractivity contribution is 7.92. The minimum atomic E-state index is -3.50. The van der Waals surface area contributed by atoms with Crippen LogP contribution in [0.4, 0.5) is 5.69 Å². The fourth-order valence-corrected chi connectivity index (χ4v) is 3.91. The van der Waals surface area contributed by atoms with E-state index in [-0.39, 0.29) is 18.9 Å². The van der Waals surface area contributed by atoms with Crippen molar-refractivity contribution in [2.24, 2.45) is 0 Å². The maximum absolute atomic E-state index is 12.4. The van der Waals surface area contributed by atoms with E-state index >= 15 is 0 Å². The molecule has 1 aliphatic heterocycles. The minimum absolute atomic E-state index is 0.0143. The fourth-order valence-electron chi connectivity index (χ4n) is 2.98. The first-order chi connectivity index (χ1) is 11.4. The molecule has 0 N–H and O–H groups in total. The summed E-state index contributed by atoms with van der Waals surface area (Å²) < 4.78 is 30.9. The van der Waals surface area contributed by atoms with Crippen LogP contribution in [-0.4, -0.2) is 52.2 Å². The predicted molar refractivity (Wildman–Crippen MR) is 94.8 cm³/mol. The van der Waals surface area contributed by atoms with Crippen LogP contribution in [0.2, 0.25) is 0 Å². The summed E-state index contributed by atoms with van der Waals surface area (Å²) in [6.07, 6.45) is 5.67. The Kier molecular flexibility index (Phi) is 6.48. The normalized spacial score (nSPS) is 15.7. The zero-order valence-corrected chi connectivity index (χ0v) is 15.2. The number of hydrogen-bond acceptors (Lipinski definition) is 4. The lowest BCUT2D eigenvalue weighted by molar-refractivity contribution is -0.130. The number of carbonyl (C=O) groups excluding carboxylic acids is 1. The maximum atomic E-state index is 12.4. The molecular formula is C17H26N2O4S. The van der Waals surface area contributed by atoms with Gasteiger partial charge in [-0.1, -0.05) is 25.0 Å². The van der Waals surface area contributed by atoms with Crippen LogP contribution in [0.1, 0.15) is 32.1 Å². The number of hydrogen-bond donors (Lipinski definition) is 0. The molecule has 0 unspecified atom stereocenters. The first-order valence-electron chi connectivity index (χ1n) is 8.32. The molecule has 6 nitrogen and oxygen atoms in total. The van der Waals surface area contributed by atoms with Crippen molar-refractivity contribution in [2.75, 3.05) is 37.3 Å². The highest BCUT2D eigenvalue weighted by Crippen LogP contribution is 2.29. The molecule has 1 saturated heterocycles. The van der Waals surface area contributed by atoms with Gasteiger partial charge in [-0.3, -0.25) is 9.10 Å². The standard InChI is InChI=1S/C17H26N2O4S/c1-23-16-10-6-5-9-15(16)19(24(2,21)22)14-11-17(20)18-12-7-3-4-8-13-18/h5-6,9-10H,3-4,7-8,11-14H2,1-2H3. The lowest BCUT2D eigenvalue weighted by atomic mass is 10.2. The quantitative estimate of drug-likeness (QED) is 0.786. The number of methoxy groups -OCH3 is 1. The molecule has 0 bridgehead atoms. The average Bonchev–Trinajstić information content (AvgIpc) is 2.83. The van der Waals surface area contributed by atoms with Crippen LogP contribution in [0.25, 0.3) is 0 Å². The molecule has 0 saturated carbocycles. The number of sulfonamides is 1. The van der Waals surface area contributed by atoms with Crippen LogP contribution in [-0.2, 0) is 14.8 Å². The van der Waals surface area contributed by atoms with Gasteiger partial charge >= 0.3 is 0 Å². The van der Waals surface area contributed by atoms with Gasteiger partial charge in [0.1, 0.15) is 5.75 Å². The number of anilines is 1. The number of ether oxygens (including phenoxy) is 1. The van der Waals surface area contributed by atoms with E-state index in [1.807, 2.05) is 4.90 Å². The lowest BCUT2D eigenvalue weighted by Gasteiger charge is -2.26. The first-order valence-corrected chi connectivity index (χ1v) is 10.2. The van der Waals surface area contributed by atoms with Crippen molar-refractivity contribution < 1.29 is 17.9 Å². The second-order valence-electron chi connectivity index (χ2n) is 6.05. The SMILES string of the molecule is COc1ccccc1N(CCC(=O)N1CCCCCC1)S(C)(=O)=O. The van der Waals surface area contributed by atoms with Crippen LogP contribution >= 0.6 is 0 Å². The Morgan fingerprint density at radius 3 is 2.38 bits per heavy atom. The van der Waals surface area contributed by atoms with Gasteiger partial charge in [-0.2, -0.15) is 0 Å². The molecule has 24 heavy (non-hydrogen) atoms. The van der Waals surface area contributed by atoms with Gasteiger partial charge in [-0.05, 0) is 25.0 Å². The average molecular weight is 354 g/mol. The number of carbonyl (C=O) groups is 1. The number of amides is 1. The molecule has 0 atom stereocenters. The Morgan fingerprint density at radius 1 is 1.17 bits per heavy atom. The molecule has 1 aliphatic rings. The highest BCUT2D eigenvalue weighted by atomic mass is 32.2. The van der Waals surface area contributed by atoms with Gasteiger partial charge in [0.25, 0.3) is 0 Å². The molecule has 0 aliphatic carbocycles. The monoisotopic (exact) mass is 354 g/mol. The predicted octanol–water partition coefficient (Wildman–Crippen LogP) is 2.25. The van der Waals surface area contributed by atoms with Gasteiger partial charge in [-0.15, -0.1) is 0 Å². The maximum Gasteiger partial charge on any atom is 0.232 e. The highest BCUT2D eigenvalue weighted by Gasteiger charge is 2.23. The van der Waals surface area contributed by atoms with E-state index in [1.165, 1.54) is 11.4 Å². The van der Waals surface area contributed by atoms with E-state index in [9.17, 15) is 13.2 Å². The first kappa shape index (κ1) is 18.6. The van der Waals surface area contributed by atoms with Crippen molar-refractivity contribution in [2.45, 2.75) is 32.1 Å². The second-order valence-corrected chi connectivity index (χ2v) is 7.96. The number of benzene rings is 1. The Labute approximate surface area is 144 Å². The van der Waals surface area contributed by atoms with Gasteiger partial charge in [0, 0.05) is 26.1 Å². The summed E-state index contributed by atoms with van der Waals surface area (Å²) in [5.41, 5.74) is 0.464. The second kappa shape index (κ2) is 8.37. The summed E-state index contributed by atoms with van der Waals surface area (Å²) in [5.74, 6) is 0.491. The Morgan fingerprint density at radius 2 is 1.79 bits per heavy atom. The van der Waals surface area contributed by atoms with E-state index in [4.69, 9.17) is 4.74 Å². The van der Waals surface area contributed by atoms with E-state index in [2.05, 4.69) is 0 Å². The van der Waals surface area contributed by atoms with E-state index in [1.54, 1.807) is 24.3 Å². The van der Waals surface area contributed by atoms with Gasteiger partial charge in [-0.25, -0.2) is 8.42 Å². The number of nitrogens with zero attached hydrogens (tertiary/aromatic N) is 2. The van der Waals surface area contributed by atoms with Gasteiger partial charge < -0.3 is 9.64 Å². The summed E-state index contributed by atoms with van der Waals surface area (Å²) in [7, 11) is -2.00. The lowest BCUT2D eigenvalue weighted by Crippen LogP contribution is -2.37. The van der Waals surface area contributed by atoms with Gasteiger partial charge in [0.2, 0.25) is 15.9 Å². The van der Waals surface area contributed by atoms with E-state index in [0.717, 1.165) is 45.0 Å². The topological polar surface area (TPSA) is 66.9 Å². The summed E-state index contributed by atoms with van der Waals surface area (Å²) in [6.45, 7) is 1.66. The molecule has 134 valence electrons. The fraction of sp³-hybridized carbons (Fsp3) is 0.588. The van der Waals surface area contributed by atoms with Gasteiger partial charge in [0.15, 0.2) is 0 Å². The third-order valence-electron chi connectivity index (χ3n) is 4.24. The third kappa shape index (κ3) is 4.87. The molecule has 2 rings (SSSR count). The van der Waals surface area contributed by atoms with Crippen molar-refractivity contribution >= 4 is 21.6 Å². The van der Waals surface area contributed by atoms with Crippen molar-refractivity contribution in [3.63, 3.8) is 0 Å². The molecule has 1 fully saturated rings. The molecule has 1 amide bonds. The summed E-state index contributed by atoms with van der Waals surface area (Å²) in [6, 6.07) is 6.94. The molecule has 7 heteroatoms. The van der Waals surface area contributed by atoms with Crippen molar-refractivity contribution in [3.05, 3.63) is 24.3 Å². The zero-order valence-electron chi connectivity index (χ0n) is 14.4.